The van der Waals surface area contributed by atoms with Crippen LogP contribution in [0.2, 0.25) is 0 Å². The first-order valence-corrected chi connectivity index (χ1v) is 5.92. The number of fused-ring (bicyclic) bond motifs is 1. The minimum Gasteiger partial charge on any atom is -0.364 e. The van der Waals surface area contributed by atoms with E-state index in [2.05, 4.69) is 30.3 Å². The van der Waals surface area contributed by atoms with Crippen LogP contribution in [0.3, 0.4) is 0 Å². The fraction of sp³-hybridized carbons (Fsp3) is 0.667. The third-order valence-electron chi connectivity index (χ3n) is 3.27. The molecule has 0 aliphatic carbocycles. The third kappa shape index (κ3) is 1.62. The molecule has 0 saturated heterocycles. The van der Waals surface area contributed by atoms with Gasteiger partial charge in [-0.2, -0.15) is 0 Å². The summed E-state index contributed by atoms with van der Waals surface area (Å²) in [5.41, 5.74) is 6.93. The Morgan fingerprint density at radius 1 is 1.56 bits per heavy atom. The molecule has 2 rings (SSSR count). The van der Waals surface area contributed by atoms with E-state index in [0.29, 0.717) is 17.5 Å². The van der Waals surface area contributed by atoms with Gasteiger partial charge in [0.05, 0.1) is 5.69 Å². The van der Waals surface area contributed by atoms with Crippen LogP contribution in [-0.2, 0) is 6.54 Å². The van der Waals surface area contributed by atoms with E-state index in [9.17, 15) is 4.79 Å². The highest BCUT2D eigenvalue weighted by atomic mass is 16.1. The van der Waals surface area contributed by atoms with Crippen LogP contribution < -0.4 is 5.73 Å². The van der Waals surface area contributed by atoms with Crippen molar-refractivity contribution >= 4 is 5.91 Å². The van der Waals surface area contributed by atoms with Crippen molar-refractivity contribution in [2.45, 2.75) is 52.0 Å². The Bertz CT molecular complexity index is 420. The lowest BCUT2D eigenvalue weighted by atomic mass is 9.96. The smallest absolute Gasteiger partial charge is 0.269 e. The van der Waals surface area contributed by atoms with Crippen LogP contribution in [0.15, 0.2) is 0 Å². The van der Waals surface area contributed by atoms with Crippen molar-refractivity contribution < 1.29 is 4.79 Å². The van der Waals surface area contributed by atoms with Gasteiger partial charge in [-0.15, -0.1) is 0 Å². The van der Waals surface area contributed by atoms with Crippen molar-refractivity contribution in [1.29, 1.82) is 0 Å². The molecule has 1 amide bonds. The number of primary amides is 1. The van der Waals surface area contributed by atoms with Crippen LogP contribution in [0.5, 0.6) is 0 Å². The molecule has 88 valence electrons. The zero-order chi connectivity index (χ0) is 11.9. The van der Waals surface area contributed by atoms with Crippen LogP contribution in [0, 0.1) is 0 Å². The molecule has 0 spiro atoms. The van der Waals surface area contributed by atoms with Gasteiger partial charge in [0.25, 0.3) is 5.91 Å². The maximum atomic E-state index is 11.4. The monoisotopic (exact) mass is 221 g/mol. The minimum absolute atomic E-state index is 0.331. The first kappa shape index (κ1) is 11.2. The lowest BCUT2D eigenvalue weighted by Crippen LogP contribution is -2.20. The molecule has 2 N–H and O–H groups in total. The number of rotatable bonds is 2. The second-order valence-corrected chi connectivity index (χ2v) is 4.92. The summed E-state index contributed by atoms with van der Waals surface area (Å²) in [6, 6.07) is 0. The second-order valence-electron chi connectivity index (χ2n) is 4.92. The molecule has 16 heavy (non-hydrogen) atoms. The number of hydrogen-bond acceptors (Lipinski definition) is 2. The Morgan fingerprint density at radius 2 is 2.25 bits per heavy atom. The predicted molar refractivity (Wildman–Crippen MR) is 62.5 cm³/mol. The summed E-state index contributed by atoms with van der Waals surface area (Å²) >= 11 is 0. The average molecular weight is 221 g/mol. The zero-order valence-electron chi connectivity index (χ0n) is 10.2. The number of hydrogen-bond donors (Lipinski definition) is 1. The molecule has 0 radical (unpaired) electrons. The summed E-state index contributed by atoms with van der Waals surface area (Å²) in [4.78, 5) is 15.8. The quantitative estimate of drug-likeness (QED) is 0.830. The van der Waals surface area contributed by atoms with Crippen LogP contribution in [0.1, 0.15) is 67.5 Å². The number of carbonyl (C=O) groups excluding carboxylic acids is 1. The van der Waals surface area contributed by atoms with Gasteiger partial charge < -0.3 is 10.3 Å². The first-order chi connectivity index (χ1) is 7.52. The summed E-state index contributed by atoms with van der Waals surface area (Å²) in [6.45, 7) is 7.30. The SMILES string of the molecule is CC(C)c1nc(C(N)=O)c2n1CCCC2C. The largest absolute Gasteiger partial charge is 0.364 e. The van der Waals surface area contributed by atoms with Gasteiger partial charge in [0.15, 0.2) is 0 Å². The number of aromatic nitrogens is 2. The Balaban J connectivity index is 2.60. The second kappa shape index (κ2) is 3.92. The molecule has 1 aliphatic rings. The van der Waals surface area contributed by atoms with Crippen LogP contribution in [-0.4, -0.2) is 15.5 Å². The van der Waals surface area contributed by atoms with E-state index in [4.69, 9.17) is 5.73 Å². The highest BCUT2D eigenvalue weighted by Crippen LogP contribution is 2.32. The Kier molecular flexibility index (Phi) is 2.74. The van der Waals surface area contributed by atoms with Crippen LogP contribution in [0.25, 0.3) is 0 Å². The van der Waals surface area contributed by atoms with E-state index in [-0.39, 0.29) is 0 Å². The molecule has 4 heteroatoms. The van der Waals surface area contributed by atoms with Gasteiger partial charge in [0.2, 0.25) is 0 Å². The topological polar surface area (TPSA) is 60.9 Å². The van der Waals surface area contributed by atoms with Gasteiger partial charge in [0, 0.05) is 12.5 Å². The van der Waals surface area contributed by atoms with Gasteiger partial charge >= 0.3 is 0 Å². The molecule has 1 unspecified atom stereocenters. The predicted octanol–water partition coefficient (Wildman–Crippen LogP) is 2.00. The highest BCUT2D eigenvalue weighted by molar-refractivity contribution is 5.92. The zero-order valence-corrected chi connectivity index (χ0v) is 10.2. The van der Waals surface area contributed by atoms with Crippen molar-refractivity contribution in [3.8, 4) is 0 Å². The fourth-order valence-corrected chi connectivity index (χ4v) is 2.53. The Hall–Kier alpha value is -1.32. The summed E-state index contributed by atoms with van der Waals surface area (Å²) in [6.07, 6.45) is 2.27. The maximum absolute atomic E-state index is 11.4. The van der Waals surface area contributed by atoms with E-state index in [0.717, 1.165) is 30.9 Å². The Morgan fingerprint density at radius 3 is 2.81 bits per heavy atom. The number of nitrogens with two attached hydrogens (primary N) is 1. The average Bonchev–Trinajstić information content (AvgIpc) is 2.58. The minimum atomic E-state index is -0.399. The standard InChI is InChI=1S/C12H19N3O/c1-7(2)12-14-9(11(13)16)10-8(3)5-4-6-15(10)12/h7-8H,4-6H2,1-3H3,(H2,13,16). The molecule has 1 atom stereocenters. The van der Waals surface area contributed by atoms with E-state index in [1.165, 1.54) is 0 Å². The molecular weight excluding hydrogens is 202 g/mol. The lowest BCUT2D eigenvalue weighted by molar-refractivity contribution is 0.0994. The van der Waals surface area contributed by atoms with Gasteiger partial charge in [-0.25, -0.2) is 4.98 Å². The number of imidazole rings is 1. The molecule has 1 aliphatic heterocycles. The van der Waals surface area contributed by atoms with Crippen molar-refractivity contribution in [3.63, 3.8) is 0 Å². The molecule has 0 aromatic carbocycles. The van der Waals surface area contributed by atoms with Gasteiger partial charge in [-0.3, -0.25) is 4.79 Å². The first-order valence-electron chi connectivity index (χ1n) is 5.92. The lowest BCUT2D eigenvalue weighted by Gasteiger charge is -2.23. The Labute approximate surface area is 95.9 Å². The van der Waals surface area contributed by atoms with Crippen LogP contribution in [0.4, 0.5) is 0 Å². The highest BCUT2D eigenvalue weighted by Gasteiger charge is 2.28. The van der Waals surface area contributed by atoms with Gasteiger partial charge in [-0.05, 0) is 18.8 Å². The molecule has 0 fully saturated rings. The molecule has 0 bridgehead atoms. The van der Waals surface area contributed by atoms with Crippen LogP contribution >= 0.6 is 0 Å². The summed E-state index contributed by atoms with van der Waals surface area (Å²) < 4.78 is 2.19. The molecule has 2 heterocycles. The van der Waals surface area contributed by atoms with E-state index >= 15 is 0 Å². The normalized spacial score (nSPS) is 19.9. The summed E-state index contributed by atoms with van der Waals surface area (Å²) in [7, 11) is 0. The van der Waals surface area contributed by atoms with Gasteiger partial charge in [0.1, 0.15) is 11.5 Å². The number of carbonyl (C=O) groups is 1. The fourth-order valence-electron chi connectivity index (χ4n) is 2.53. The van der Waals surface area contributed by atoms with E-state index in [1.807, 2.05) is 0 Å². The summed E-state index contributed by atoms with van der Waals surface area (Å²) in [5.74, 6) is 1.31. The molecule has 1 aromatic heterocycles. The molecular formula is C12H19N3O. The molecule has 4 nitrogen and oxygen atoms in total. The maximum Gasteiger partial charge on any atom is 0.269 e. The van der Waals surface area contributed by atoms with E-state index < -0.39 is 5.91 Å². The number of nitrogens with zero attached hydrogens (tertiary/aromatic N) is 2. The third-order valence-corrected chi connectivity index (χ3v) is 3.27. The number of amides is 1. The van der Waals surface area contributed by atoms with Crippen molar-refractivity contribution in [3.05, 3.63) is 17.2 Å². The van der Waals surface area contributed by atoms with Crippen molar-refractivity contribution in [2.24, 2.45) is 5.73 Å². The van der Waals surface area contributed by atoms with Crippen molar-refractivity contribution in [1.82, 2.24) is 9.55 Å². The van der Waals surface area contributed by atoms with Gasteiger partial charge in [-0.1, -0.05) is 20.8 Å². The molecule has 1 aromatic rings. The van der Waals surface area contributed by atoms with E-state index in [1.54, 1.807) is 0 Å². The van der Waals surface area contributed by atoms with Crippen molar-refractivity contribution in [2.75, 3.05) is 0 Å². The molecule has 0 saturated carbocycles. The summed E-state index contributed by atoms with van der Waals surface area (Å²) in [5, 5.41) is 0.